The number of aromatic nitrogens is 4. The van der Waals surface area contributed by atoms with Gasteiger partial charge in [0.05, 0.1) is 34.6 Å². The summed E-state index contributed by atoms with van der Waals surface area (Å²) in [4.78, 5) is 50.4. The van der Waals surface area contributed by atoms with E-state index in [1.54, 1.807) is 12.3 Å². The number of nitrogens with zero attached hydrogens (tertiary/aromatic N) is 7. The molecule has 1 amide bonds. The Balaban J connectivity index is 0.862. The number of rotatable bonds is 13. The van der Waals surface area contributed by atoms with E-state index < -0.39 is 37.1 Å². The molecule has 1 saturated carbocycles. The van der Waals surface area contributed by atoms with Gasteiger partial charge in [0.2, 0.25) is 5.88 Å². The van der Waals surface area contributed by atoms with Crippen LogP contribution < -0.4 is 24.6 Å². The second kappa shape index (κ2) is 19.2. The van der Waals surface area contributed by atoms with Crippen LogP contribution in [0.15, 0.2) is 78.1 Å². The molecule has 0 radical (unpaired) electrons. The number of hydrogen-bond donors (Lipinski definition) is 4. The van der Waals surface area contributed by atoms with E-state index in [1.807, 2.05) is 29.2 Å². The summed E-state index contributed by atoms with van der Waals surface area (Å²) < 4.78 is 53.6. The number of benzene rings is 3. The Morgan fingerprint density at radius 3 is 2.48 bits per heavy atom. The lowest BCUT2D eigenvalue weighted by molar-refractivity contribution is -0.384. The molecule has 73 heavy (non-hydrogen) atoms. The minimum absolute atomic E-state index is 0.00779. The fraction of sp³-hybridized carbons (Fsp3) is 0.500. The van der Waals surface area contributed by atoms with Gasteiger partial charge in [0.25, 0.3) is 21.6 Å². The minimum Gasteiger partial charge on any atom is -0.476 e. The minimum atomic E-state index is -4.82. The zero-order valence-corrected chi connectivity index (χ0v) is 42.9. The number of hydrogen-bond acceptors (Lipinski definition) is 13. The number of anilines is 4. The Kier molecular flexibility index (Phi) is 12.9. The first kappa shape index (κ1) is 48.9. The van der Waals surface area contributed by atoms with Gasteiger partial charge < -0.3 is 34.7 Å². The Morgan fingerprint density at radius 2 is 1.73 bits per heavy atom. The second-order valence-electron chi connectivity index (χ2n) is 21.7. The third-order valence-electron chi connectivity index (χ3n) is 16.7. The van der Waals surface area contributed by atoms with Crippen molar-refractivity contribution >= 4 is 66.4 Å². The molecule has 0 unspecified atom stereocenters. The SMILES string of the molecule is CC(C)c1ccccc1[C@@H]1CCCN1C1CC2(CCN(c3ccc(C(=O)NS(=O)(=O)c4cc([N+](=O)[O-])c(NCC5(F)CCN(C(C)C)CC5)c5[nH]cnc45)c(N4CCCOc5nc6[nH]ccc6cc54)c3)CC2)C1. The van der Waals surface area contributed by atoms with Crippen molar-refractivity contribution in [2.75, 3.05) is 67.5 Å². The maximum absolute atomic E-state index is 16.1. The number of H-pyrrole nitrogens is 2. The highest BCUT2D eigenvalue weighted by Crippen LogP contribution is 2.54. The number of alkyl halides is 1. The third-order valence-corrected chi connectivity index (χ3v) is 18.0. The summed E-state index contributed by atoms with van der Waals surface area (Å²) >= 11 is 0. The van der Waals surface area contributed by atoms with Crippen LogP contribution in [0.4, 0.5) is 32.8 Å². The first-order valence-electron chi connectivity index (χ1n) is 26.1. The van der Waals surface area contributed by atoms with Crippen LogP contribution in [0, 0.1) is 15.5 Å². The number of carbonyl (C=O) groups excluding carboxylic acids is 1. The standard InChI is InChI=1S/C54H66FN11O6S/c1-34(2)39-9-5-6-10-40(39)42-11-7-20-64(42)38-30-53(31-38)15-22-63(23-16-53)37-12-13-41(43(28-37)65-21-8-26-72-52-45(65)27-36-14-19-56-50(36)60-52)51(67)61-73(70,71)46-29-44(66(68)69)47(49-48(46)58-33-59-49)57-32-54(55)17-24-62(25-18-54)35(3)4/h5-6,9-10,12-14,19,27-29,33-35,38,42,57H,7-8,11,15-18,20-26,30-32H2,1-4H3,(H,56,60)(H,58,59)(H,61,67)/t42-/m0/s1. The first-order chi connectivity index (χ1) is 35.1. The quantitative estimate of drug-likeness (QED) is 0.0631. The van der Waals surface area contributed by atoms with Crippen LogP contribution in [-0.2, 0) is 10.0 Å². The molecule has 3 aromatic heterocycles. The molecule has 386 valence electrons. The van der Waals surface area contributed by atoms with Gasteiger partial charge in [-0.05, 0) is 131 Å². The molecule has 7 heterocycles. The van der Waals surface area contributed by atoms with Crippen molar-refractivity contribution in [3.8, 4) is 5.88 Å². The summed E-state index contributed by atoms with van der Waals surface area (Å²) in [6.45, 7) is 13.2. The Labute approximate surface area is 425 Å². The Morgan fingerprint density at radius 1 is 0.945 bits per heavy atom. The van der Waals surface area contributed by atoms with Crippen LogP contribution in [0.1, 0.15) is 119 Å². The van der Waals surface area contributed by atoms with Gasteiger partial charge in [-0.15, -0.1) is 0 Å². The Bertz CT molecular complexity index is 3170. The highest BCUT2D eigenvalue weighted by atomic mass is 32.2. The van der Waals surface area contributed by atoms with Crippen LogP contribution in [0.3, 0.4) is 0 Å². The maximum Gasteiger partial charge on any atom is 0.296 e. The van der Waals surface area contributed by atoms with E-state index in [1.165, 1.54) is 43.1 Å². The number of fused-ring (bicyclic) bond motifs is 3. The van der Waals surface area contributed by atoms with Crippen molar-refractivity contribution < 1.29 is 27.3 Å². The van der Waals surface area contributed by atoms with Gasteiger partial charge in [0, 0.05) is 80.7 Å². The van der Waals surface area contributed by atoms with Crippen molar-refractivity contribution in [3.63, 3.8) is 0 Å². The maximum atomic E-state index is 16.1. The molecule has 0 bridgehead atoms. The number of aromatic amines is 2. The first-order valence-corrected chi connectivity index (χ1v) is 27.6. The number of halogens is 1. The van der Waals surface area contributed by atoms with Gasteiger partial charge in [-0.1, -0.05) is 38.1 Å². The van der Waals surface area contributed by atoms with Crippen molar-refractivity contribution in [1.29, 1.82) is 0 Å². The number of pyridine rings is 1. The molecule has 4 N–H and O–H groups in total. The molecule has 4 fully saturated rings. The number of likely N-dealkylation sites (tertiary alicyclic amines) is 2. The molecular formula is C54H66FN11O6S. The summed E-state index contributed by atoms with van der Waals surface area (Å²) in [5.41, 5.74) is 3.50. The number of carbonyl (C=O) groups is 1. The van der Waals surface area contributed by atoms with E-state index in [9.17, 15) is 23.3 Å². The van der Waals surface area contributed by atoms with E-state index in [2.05, 4.69) is 91.7 Å². The highest BCUT2D eigenvalue weighted by molar-refractivity contribution is 7.90. The highest BCUT2D eigenvalue weighted by Gasteiger charge is 2.50. The van der Waals surface area contributed by atoms with E-state index in [4.69, 9.17) is 9.72 Å². The van der Waals surface area contributed by atoms with Crippen LogP contribution >= 0.6 is 0 Å². The number of amides is 1. The number of nitrogens with one attached hydrogen (secondary N) is 4. The summed E-state index contributed by atoms with van der Waals surface area (Å²) in [6.07, 6.45) is 11.0. The molecule has 1 aliphatic carbocycles. The van der Waals surface area contributed by atoms with Crippen LogP contribution in [0.5, 0.6) is 5.88 Å². The van der Waals surface area contributed by atoms with Crippen molar-refractivity contribution in [2.45, 2.75) is 120 Å². The lowest BCUT2D eigenvalue weighted by Crippen LogP contribution is -2.55. The smallest absolute Gasteiger partial charge is 0.296 e. The fourth-order valence-corrected chi connectivity index (χ4v) is 13.7. The number of piperidine rings is 2. The summed E-state index contributed by atoms with van der Waals surface area (Å²) in [5.74, 6) is -0.0696. The zero-order chi connectivity index (χ0) is 50.8. The predicted molar refractivity (Wildman–Crippen MR) is 281 cm³/mol. The number of sulfonamides is 1. The van der Waals surface area contributed by atoms with E-state index in [0.717, 1.165) is 49.6 Å². The zero-order valence-electron chi connectivity index (χ0n) is 42.1. The monoisotopic (exact) mass is 1020 g/mol. The summed E-state index contributed by atoms with van der Waals surface area (Å²) in [6, 6.07) is 20.5. The van der Waals surface area contributed by atoms with E-state index in [-0.39, 0.29) is 53.1 Å². The molecule has 4 aliphatic heterocycles. The van der Waals surface area contributed by atoms with Gasteiger partial charge in [-0.3, -0.25) is 19.8 Å². The molecule has 17 nitrogen and oxygen atoms in total. The molecular weight excluding hydrogens is 950 g/mol. The van der Waals surface area contributed by atoms with Gasteiger partial charge in [0.15, 0.2) is 0 Å². The van der Waals surface area contributed by atoms with Crippen molar-refractivity contribution in [2.24, 2.45) is 5.41 Å². The number of nitro groups is 1. The molecule has 19 heteroatoms. The van der Waals surface area contributed by atoms with Gasteiger partial charge in [0.1, 0.15) is 33.1 Å². The van der Waals surface area contributed by atoms with Crippen molar-refractivity contribution in [1.82, 2.24) is 34.5 Å². The lowest BCUT2D eigenvalue weighted by Gasteiger charge is -2.56. The van der Waals surface area contributed by atoms with E-state index in [0.29, 0.717) is 73.6 Å². The normalized spacial score (nSPS) is 20.6. The molecule has 5 aliphatic rings. The lowest BCUT2D eigenvalue weighted by atomic mass is 9.59. The molecule has 3 aromatic carbocycles. The molecule has 1 spiro atoms. The molecule has 6 aromatic rings. The van der Waals surface area contributed by atoms with E-state index >= 15 is 4.39 Å². The largest absolute Gasteiger partial charge is 0.476 e. The van der Waals surface area contributed by atoms with Gasteiger partial charge in [-0.2, -0.15) is 4.98 Å². The van der Waals surface area contributed by atoms with Crippen LogP contribution in [-0.4, -0.2) is 119 Å². The third kappa shape index (κ3) is 9.25. The number of imidazole rings is 1. The van der Waals surface area contributed by atoms with Gasteiger partial charge in [-0.25, -0.2) is 22.5 Å². The van der Waals surface area contributed by atoms with Crippen molar-refractivity contribution in [3.05, 3.63) is 100.0 Å². The molecule has 11 rings (SSSR count). The van der Waals surface area contributed by atoms with Gasteiger partial charge >= 0.3 is 0 Å². The predicted octanol–water partition coefficient (Wildman–Crippen LogP) is 9.72. The topological polar surface area (TPSA) is 198 Å². The second-order valence-corrected chi connectivity index (χ2v) is 23.4. The summed E-state index contributed by atoms with van der Waals surface area (Å²) in [5, 5.41) is 16.4. The average Bonchev–Trinajstić information content (AvgIpc) is 4.14. The Hall–Kier alpha value is -6.31. The molecule has 1 atom stereocenters. The number of nitro benzene ring substituents is 1. The fourth-order valence-electron chi connectivity index (χ4n) is 12.6. The average molecular weight is 1020 g/mol. The number of ether oxygens (including phenoxy) is 1. The van der Waals surface area contributed by atoms with Crippen LogP contribution in [0.2, 0.25) is 0 Å². The van der Waals surface area contributed by atoms with Crippen LogP contribution in [0.25, 0.3) is 22.1 Å². The summed E-state index contributed by atoms with van der Waals surface area (Å²) in [7, 11) is -4.82. The molecule has 3 saturated heterocycles.